The Morgan fingerprint density at radius 3 is 2.42 bits per heavy atom. The van der Waals surface area contributed by atoms with Gasteiger partial charge in [0, 0.05) is 12.7 Å². The average molecular weight is 178 g/mol. The first-order chi connectivity index (χ1) is 5.40. The lowest BCUT2D eigenvalue weighted by molar-refractivity contribution is -0.128. The average Bonchev–Trinajstić information content (AvgIpc) is 2.16. The summed E-state index contributed by atoms with van der Waals surface area (Å²) in [7, 11) is 1.51. The number of rotatable bonds is 1. The zero-order chi connectivity index (χ0) is 9.35. The first-order valence-corrected chi connectivity index (χ1v) is 3.44. The number of hydrogen-bond acceptors (Lipinski definition) is 1. The van der Waals surface area contributed by atoms with Gasteiger partial charge in [-0.25, -0.2) is 0 Å². The summed E-state index contributed by atoms with van der Waals surface area (Å²) in [5, 5.41) is 3.72. The van der Waals surface area contributed by atoms with Gasteiger partial charge in [-0.2, -0.15) is 18.3 Å². The fourth-order valence-corrected chi connectivity index (χ4v) is 1.02. The highest BCUT2D eigenvalue weighted by Gasteiger charge is 2.29. The second-order valence-corrected chi connectivity index (χ2v) is 2.69. The van der Waals surface area contributed by atoms with Crippen molar-refractivity contribution in [1.82, 2.24) is 9.78 Å². The van der Waals surface area contributed by atoms with Crippen molar-refractivity contribution in [3.63, 3.8) is 0 Å². The summed E-state index contributed by atoms with van der Waals surface area (Å²) in [5.41, 5.74) is 0.803. The summed E-state index contributed by atoms with van der Waals surface area (Å²) in [6.07, 6.45) is -3.63. The Kier molecular flexibility index (Phi) is 2.12. The van der Waals surface area contributed by atoms with Gasteiger partial charge in [-0.1, -0.05) is 0 Å². The van der Waals surface area contributed by atoms with Gasteiger partial charge in [-0.05, 0) is 12.5 Å². The second kappa shape index (κ2) is 2.80. The van der Waals surface area contributed by atoms with Crippen molar-refractivity contribution in [2.45, 2.75) is 19.5 Å². The van der Waals surface area contributed by atoms with Crippen LogP contribution >= 0.6 is 0 Å². The van der Waals surface area contributed by atoms with Gasteiger partial charge in [-0.3, -0.25) is 4.68 Å². The van der Waals surface area contributed by atoms with Crippen LogP contribution in [0.3, 0.4) is 0 Å². The van der Waals surface area contributed by atoms with E-state index >= 15 is 0 Å². The van der Waals surface area contributed by atoms with E-state index in [1.54, 1.807) is 6.92 Å². The molecule has 0 spiro atoms. The molecule has 0 saturated carbocycles. The molecule has 0 aliphatic carbocycles. The van der Waals surface area contributed by atoms with E-state index in [0.717, 1.165) is 0 Å². The molecule has 2 nitrogen and oxygen atoms in total. The van der Waals surface area contributed by atoms with Crippen molar-refractivity contribution < 1.29 is 13.2 Å². The number of aromatic nitrogens is 2. The number of nitrogens with zero attached hydrogens (tertiary/aromatic N) is 2. The van der Waals surface area contributed by atoms with Crippen LogP contribution in [-0.4, -0.2) is 16.0 Å². The molecular weight excluding hydrogens is 169 g/mol. The highest BCUT2D eigenvalue weighted by molar-refractivity contribution is 5.16. The fourth-order valence-electron chi connectivity index (χ4n) is 1.02. The molecule has 0 radical (unpaired) electrons. The van der Waals surface area contributed by atoms with E-state index in [1.165, 1.54) is 17.9 Å². The van der Waals surface area contributed by atoms with Crippen LogP contribution in [0.2, 0.25) is 0 Å². The van der Waals surface area contributed by atoms with Gasteiger partial charge in [-0.15, -0.1) is 0 Å². The molecule has 0 atom stereocenters. The third-order valence-electron chi connectivity index (χ3n) is 1.64. The van der Waals surface area contributed by atoms with Crippen molar-refractivity contribution in [2.24, 2.45) is 7.05 Å². The van der Waals surface area contributed by atoms with Crippen molar-refractivity contribution in [2.75, 3.05) is 0 Å². The first-order valence-electron chi connectivity index (χ1n) is 3.44. The van der Waals surface area contributed by atoms with E-state index in [1.807, 2.05) is 0 Å². The Morgan fingerprint density at radius 2 is 2.08 bits per heavy atom. The molecule has 0 aliphatic rings. The lowest BCUT2D eigenvalue weighted by atomic mass is 10.2. The second-order valence-electron chi connectivity index (χ2n) is 2.69. The highest BCUT2D eigenvalue weighted by Crippen LogP contribution is 2.22. The molecule has 5 heteroatoms. The van der Waals surface area contributed by atoms with Crippen LogP contribution in [0.15, 0.2) is 6.20 Å². The van der Waals surface area contributed by atoms with Gasteiger partial charge in [0.2, 0.25) is 0 Å². The first kappa shape index (κ1) is 9.09. The summed E-state index contributed by atoms with van der Waals surface area (Å²) in [5.74, 6) is 0. The fraction of sp³-hybridized carbons (Fsp3) is 0.571. The molecule has 1 aromatic heterocycles. The molecule has 68 valence electrons. The van der Waals surface area contributed by atoms with Crippen LogP contribution < -0.4 is 0 Å². The SMILES string of the molecule is Cc1cnn(C)c1CC(F)(F)F. The maximum absolute atomic E-state index is 11.9. The molecule has 1 aromatic rings. The van der Waals surface area contributed by atoms with Crippen molar-refractivity contribution in [3.8, 4) is 0 Å². The molecule has 1 heterocycles. The smallest absolute Gasteiger partial charge is 0.272 e. The Bertz CT molecular complexity index is 255. The van der Waals surface area contributed by atoms with Crippen LogP contribution in [0.1, 0.15) is 11.3 Å². The van der Waals surface area contributed by atoms with Gasteiger partial charge in [0.1, 0.15) is 0 Å². The Balaban J connectivity index is 2.88. The predicted molar refractivity (Wildman–Crippen MR) is 37.7 cm³/mol. The Hall–Kier alpha value is -1.00. The third-order valence-corrected chi connectivity index (χ3v) is 1.64. The molecule has 0 amide bonds. The van der Waals surface area contributed by atoms with Gasteiger partial charge < -0.3 is 0 Å². The largest absolute Gasteiger partial charge is 0.394 e. The molecule has 0 saturated heterocycles. The lowest BCUT2D eigenvalue weighted by Crippen LogP contribution is -2.15. The summed E-state index contributed by atoms with van der Waals surface area (Å²) in [6.45, 7) is 1.62. The molecule has 0 fully saturated rings. The van der Waals surface area contributed by atoms with Gasteiger partial charge >= 0.3 is 6.18 Å². The maximum atomic E-state index is 11.9. The van der Waals surface area contributed by atoms with Gasteiger partial charge in [0.05, 0.1) is 12.6 Å². The molecule has 0 N–H and O–H groups in total. The monoisotopic (exact) mass is 178 g/mol. The van der Waals surface area contributed by atoms with Gasteiger partial charge in [0.25, 0.3) is 0 Å². The zero-order valence-electron chi connectivity index (χ0n) is 6.81. The highest BCUT2D eigenvalue weighted by atomic mass is 19.4. The molecular formula is C7H9F3N2. The standard InChI is InChI=1S/C7H9F3N2/c1-5-4-11-12(2)6(5)3-7(8,9)10/h4H,3H2,1-2H3. The minimum atomic E-state index is -4.15. The van der Waals surface area contributed by atoms with E-state index < -0.39 is 12.6 Å². The van der Waals surface area contributed by atoms with Crippen molar-refractivity contribution in [1.29, 1.82) is 0 Å². The van der Waals surface area contributed by atoms with E-state index in [2.05, 4.69) is 5.10 Å². The number of alkyl halides is 3. The summed E-state index contributed by atoms with van der Waals surface area (Å²) in [4.78, 5) is 0. The van der Waals surface area contributed by atoms with Crippen LogP contribution in [0, 0.1) is 6.92 Å². The van der Waals surface area contributed by atoms with E-state index in [0.29, 0.717) is 5.56 Å². The number of aryl methyl sites for hydroxylation is 2. The van der Waals surface area contributed by atoms with Crippen LogP contribution in [0.25, 0.3) is 0 Å². The summed E-state index contributed by atoms with van der Waals surface area (Å²) < 4.78 is 37.1. The van der Waals surface area contributed by atoms with E-state index in [-0.39, 0.29) is 5.69 Å². The van der Waals surface area contributed by atoms with Crippen molar-refractivity contribution >= 4 is 0 Å². The topological polar surface area (TPSA) is 17.8 Å². The normalized spacial score (nSPS) is 12.1. The zero-order valence-corrected chi connectivity index (χ0v) is 6.81. The minimum Gasteiger partial charge on any atom is -0.272 e. The molecule has 12 heavy (non-hydrogen) atoms. The van der Waals surface area contributed by atoms with Crippen molar-refractivity contribution in [3.05, 3.63) is 17.5 Å². The predicted octanol–water partition coefficient (Wildman–Crippen LogP) is 1.83. The molecule has 0 bridgehead atoms. The van der Waals surface area contributed by atoms with E-state index in [9.17, 15) is 13.2 Å². The maximum Gasteiger partial charge on any atom is 0.394 e. The molecule has 0 aromatic carbocycles. The Labute approximate surface area is 68.0 Å². The van der Waals surface area contributed by atoms with Crippen LogP contribution in [-0.2, 0) is 13.5 Å². The quantitative estimate of drug-likeness (QED) is 0.641. The van der Waals surface area contributed by atoms with E-state index in [4.69, 9.17) is 0 Å². The summed E-state index contributed by atoms with van der Waals surface area (Å²) >= 11 is 0. The van der Waals surface area contributed by atoms with Gasteiger partial charge in [0.15, 0.2) is 0 Å². The van der Waals surface area contributed by atoms with Crippen LogP contribution in [0.5, 0.6) is 0 Å². The number of halogens is 3. The Morgan fingerprint density at radius 1 is 1.50 bits per heavy atom. The summed E-state index contributed by atoms with van der Waals surface area (Å²) in [6, 6.07) is 0. The lowest BCUT2D eigenvalue weighted by Gasteiger charge is -2.07. The third kappa shape index (κ3) is 1.99. The molecule has 1 rings (SSSR count). The minimum absolute atomic E-state index is 0.225. The molecule has 0 aliphatic heterocycles. The number of hydrogen-bond donors (Lipinski definition) is 0. The molecule has 0 unspecified atom stereocenters. The van der Waals surface area contributed by atoms with Crippen LogP contribution in [0.4, 0.5) is 13.2 Å².